The van der Waals surface area contributed by atoms with Crippen LogP contribution in [0.15, 0.2) is 18.2 Å². The van der Waals surface area contributed by atoms with Crippen LogP contribution in [-0.4, -0.2) is 83.7 Å². The fourth-order valence-electron chi connectivity index (χ4n) is 11.1. The van der Waals surface area contributed by atoms with Crippen molar-refractivity contribution in [1.82, 2.24) is 14.7 Å². The molecule has 41 heavy (non-hydrogen) atoms. The lowest BCUT2D eigenvalue weighted by atomic mass is 9.43. The smallest absolute Gasteiger partial charge is 0.410 e. The molecule has 8 rings (SSSR count). The van der Waals surface area contributed by atoms with E-state index in [1.165, 1.54) is 50.8 Å². The highest BCUT2D eigenvalue weighted by atomic mass is 16.6. The number of nitrogens with zero attached hydrogens (tertiary/aromatic N) is 3. The molecule has 5 unspecified atom stereocenters. The molecule has 3 aliphatic heterocycles. The van der Waals surface area contributed by atoms with E-state index in [1.54, 1.807) is 17.6 Å². The number of fused-ring (bicyclic) bond motifs is 1. The van der Waals surface area contributed by atoms with Gasteiger partial charge >= 0.3 is 6.09 Å². The quantitative estimate of drug-likeness (QED) is 0.518. The van der Waals surface area contributed by atoms with Crippen LogP contribution in [-0.2, 0) is 21.4 Å². The summed E-state index contributed by atoms with van der Waals surface area (Å²) >= 11 is 0. The van der Waals surface area contributed by atoms with E-state index in [0.717, 1.165) is 43.9 Å². The number of amides is 2. The van der Waals surface area contributed by atoms with Crippen LogP contribution in [0.2, 0.25) is 0 Å². The van der Waals surface area contributed by atoms with E-state index in [9.17, 15) is 9.59 Å². The molecule has 3 saturated heterocycles. The number of rotatable bonds is 4. The Morgan fingerprint density at radius 2 is 1.88 bits per heavy atom. The summed E-state index contributed by atoms with van der Waals surface area (Å²) in [5.41, 5.74) is 2.91. The van der Waals surface area contributed by atoms with Crippen molar-refractivity contribution in [3.63, 3.8) is 0 Å². The summed E-state index contributed by atoms with van der Waals surface area (Å²) in [6, 6.07) is 7.39. The molecule has 2 amide bonds. The molecule has 0 spiro atoms. The predicted molar refractivity (Wildman–Crippen MR) is 156 cm³/mol. The number of piperidine rings is 1. The fourth-order valence-corrected chi connectivity index (χ4v) is 11.1. The minimum Gasteiger partial charge on any atom is -0.497 e. The van der Waals surface area contributed by atoms with Gasteiger partial charge in [-0.3, -0.25) is 14.6 Å². The highest BCUT2D eigenvalue weighted by Crippen LogP contribution is 2.75. The van der Waals surface area contributed by atoms with E-state index < -0.39 is 5.60 Å². The summed E-state index contributed by atoms with van der Waals surface area (Å²) in [6.07, 6.45) is 9.97. The molecule has 6 fully saturated rings. The number of hydrogen-bond donors (Lipinski definition) is 0. The topological polar surface area (TPSA) is 62.3 Å². The van der Waals surface area contributed by atoms with Gasteiger partial charge in [0.2, 0.25) is 5.91 Å². The van der Waals surface area contributed by atoms with Gasteiger partial charge in [-0.2, -0.15) is 0 Å². The molecular formula is C34H47N3O4. The maximum absolute atomic E-state index is 14.3. The van der Waals surface area contributed by atoms with Crippen molar-refractivity contribution in [1.29, 1.82) is 0 Å². The third-order valence-corrected chi connectivity index (χ3v) is 12.4. The number of carbonyl (C=O) groups is 2. The summed E-state index contributed by atoms with van der Waals surface area (Å²) in [5, 5.41) is 0. The summed E-state index contributed by atoms with van der Waals surface area (Å²) in [5.74, 6) is 3.06. The third-order valence-electron chi connectivity index (χ3n) is 12.4. The molecule has 4 aliphatic carbocycles. The molecular weight excluding hydrogens is 514 g/mol. The van der Waals surface area contributed by atoms with Crippen LogP contribution in [0, 0.1) is 23.2 Å². The molecule has 1 aromatic carbocycles. The van der Waals surface area contributed by atoms with Crippen molar-refractivity contribution in [3.05, 3.63) is 29.3 Å². The third kappa shape index (κ3) is 3.66. The van der Waals surface area contributed by atoms with E-state index >= 15 is 0 Å². The number of benzene rings is 1. The van der Waals surface area contributed by atoms with Gasteiger partial charge in [0.15, 0.2) is 0 Å². The van der Waals surface area contributed by atoms with Crippen molar-refractivity contribution >= 4 is 12.0 Å². The van der Waals surface area contributed by atoms with Gasteiger partial charge in [0.05, 0.1) is 7.11 Å². The van der Waals surface area contributed by atoms with Gasteiger partial charge in [-0.05, 0) is 132 Å². The first-order valence-corrected chi connectivity index (χ1v) is 16.4. The molecule has 3 saturated carbocycles. The molecule has 7 heteroatoms. The minimum absolute atomic E-state index is 0.114. The number of methoxy groups -OCH3 is 1. The van der Waals surface area contributed by atoms with Crippen LogP contribution in [0.1, 0.15) is 83.3 Å². The number of carbonyl (C=O) groups excluding carboxylic acids is 2. The Kier molecular flexibility index (Phi) is 5.70. The van der Waals surface area contributed by atoms with E-state index in [0.29, 0.717) is 29.8 Å². The van der Waals surface area contributed by atoms with E-state index in [4.69, 9.17) is 9.47 Å². The first-order chi connectivity index (χ1) is 19.6. The largest absolute Gasteiger partial charge is 0.497 e. The molecule has 1 aromatic rings. The van der Waals surface area contributed by atoms with E-state index in [-0.39, 0.29) is 29.5 Å². The summed E-state index contributed by atoms with van der Waals surface area (Å²) in [4.78, 5) is 34.3. The van der Waals surface area contributed by atoms with Crippen molar-refractivity contribution < 1.29 is 19.1 Å². The van der Waals surface area contributed by atoms with Crippen molar-refractivity contribution in [2.24, 2.45) is 23.2 Å². The highest BCUT2D eigenvalue weighted by Gasteiger charge is 2.76. The Labute approximate surface area is 244 Å². The van der Waals surface area contributed by atoms with Gasteiger partial charge in [0.1, 0.15) is 17.4 Å². The van der Waals surface area contributed by atoms with Gasteiger partial charge in [-0.15, -0.1) is 0 Å². The lowest BCUT2D eigenvalue weighted by Gasteiger charge is -2.66. The fraction of sp³-hybridized carbons (Fsp3) is 0.765. The Balaban J connectivity index is 1.15. The number of hydrogen-bond acceptors (Lipinski definition) is 5. The van der Waals surface area contributed by atoms with Crippen molar-refractivity contribution in [2.45, 2.75) is 108 Å². The van der Waals surface area contributed by atoms with Crippen molar-refractivity contribution in [2.75, 3.05) is 33.3 Å². The predicted octanol–water partition coefficient (Wildman–Crippen LogP) is 5.00. The zero-order valence-electron chi connectivity index (χ0n) is 25.4. The first kappa shape index (κ1) is 26.4. The van der Waals surface area contributed by atoms with Gasteiger partial charge < -0.3 is 14.4 Å². The Morgan fingerprint density at radius 3 is 2.63 bits per heavy atom. The van der Waals surface area contributed by atoms with Crippen molar-refractivity contribution in [3.8, 4) is 5.75 Å². The van der Waals surface area contributed by atoms with Crippen LogP contribution in [0.4, 0.5) is 4.79 Å². The number of likely N-dealkylation sites (tertiary alicyclic amines) is 3. The molecule has 222 valence electrons. The Hall–Kier alpha value is -2.28. The molecule has 0 radical (unpaired) electrons. The second-order valence-electron chi connectivity index (χ2n) is 15.5. The molecule has 3 heterocycles. The molecule has 7 atom stereocenters. The summed E-state index contributed by atoms with van der Waals surface area (Å²) < 4.78 is 11.5. The molecule has 7 aliphatic rings. The summed E-state index contributed by atoms with van der Waals surface area (Å²) in [6.45, 7) is 9.60. The van der Waals surface area contributed by atoms with Crippen LogP contribution in [0.3, 0.4) is 0 Å². The monoisotopic (exact) mass is 561 g/mol. The maximum Gasteiger partial charge on any atom is 0.410 e. The van der Waals surface area contributed by atoms with E-state index in [2.05, 4.69) is 28.0 Å². The van der Waals surface area contributed by atoms with Crippen LogP contribution in [0.5, 0.6) is 5.75 Å². The zero-order chi connectivity index (χ0) is 28.3. The van der Waals surface area contributed by atoms with Gasteiger partial charge in [0, 0.05) is 37.1 Å². The molecule has 0 N–H and O–H groups in total. The second kappa shape index (κ2) is 8.87. The molecule has 4 bridgehead atoms. The van der Waals surface area contributed by atoms with Crippen LogP contribution in [0.25, 0.3) is 0 Å². The first-order valence-electron chi connectivity index (χ1n) is 16.4. The normalized spacial score (nSPS) is 39.0. The molecule has 7 nitrogen and oxygen atoms in total. The average Bonchev–Trinajstić information content (AvgIpc) is 3.38. The van der Waals surface area contributed by atoms with Gasteiger partial charge in [0.25, 0.3) is 0 Å². The highest BCUT2D eigenvalue weighted by molar-refractivity contribution is 5.87. The van der Waals surface area contributed by atoms with Gasteiger partial charge in [-0.25, -0.2) is 4.79 Å². The minimum atomic E-state index is -0.565. The lowest BCUT2D eigenvalue weighted by Crippen LogP contribution is -2.70. The Morgan fingerprint density at radius 1 is 1.05 bits per heavy atom. The lowest BCUT2D eigenvalue weighted by molar-refractivity contribution is -0.144. The standard InChI is InChI=1S/C34H47N3O4/c1-32(2,3)41-31(39)36-14-5-6-27(36)30(38)37-20-23-18-33-12-11-26(37)29(23)34(33)13-15-35(19-21-7-8-21)28(33)16-22-9-10-24(40-4)17-25(22)34/h9-10,17,21,23,26-29H,5-8,11-16,18-20H2,1-4H3/t23-,26?,27+,28?,29?,33?,34?/m0/s1. The zero-order valence-corrected chi connectivity index (χ0v) is 25.4. The SMILES string of the molecule is COc1ccc2c(c1)C13CCN(CC4CC4)C(C2)C12CCC1C3[C@H](CN1C(=O)[C@H]1CCCN1C(=O)OC(C)(C)C)C2. The number of ether oxygens (including phenoxy) is 2. The van der Waals surface area contributed by atoms with Crippen LogP contribution >= 0.6 is 0 Å². The maximum atomic E-state index is 14.3. The average molecular weight is 562 g/mol. The van der Waals surface area contributed by atoms with E-state index in [1.807, 2.05) is 20.8 Å². The molecule has 0 aromatic heterocycles. The Bertz CT molecular complexity index is 1270. The second-order valence-corrected chi connectivity index (χ2v) is 15.5. The van der Waals surface area contributed by atoms with Crippen LogP contribution < -0.4 is 4.74 Å². The summed E-state index contributed by atoms with van der Waals surface area (Å²) in [7, 11) is 1.79. The van der Waals surface area contributed by atoms with Gasteiger partial charge in [-0.1, -0.05) is 6.07 Å².